The second kappa shape index (κ2) is 10.5. The molecule has 4 amide bonds. The first kappa shape index (κ1) is 27.2. The van der Waals surface area contributed by atoms with Crippen LogP contribution in [0.3, 0.4) is 0 Å². The summed E-state index contributed by atoms with van der Waals surface area (Å²) in [4.78, 5) is 43.1. The van der Waals surface area contributed by atoms with Crippen LogP contribution in [0.4, 0.5) is 15.3 Å². The first-order valence-corrected chi connectivity index (χ1v) is 16.8. The zero-order chi connectivity index (χ0) is 27.0. The van der Waals surface area contributed by atoms with Crippen LogP contribution in [-0.4, -0.2) is 79.0 Å². The number of carbonyl (C=O) groups is 3. The summed E-state index contributed by atoms with van der Waals surface area (Å²) in [6.07, 6.45) is 2.82. The lowest BCUT2D eigenvalue weighted by Gasteiger charge is -2.34. The number of hydrogen-bond donors (Lipinski definition) is 0. The van der Waals surface area contributed by atoms with Crippen molar-refractivity contribution in [2.75, 3.05) is 37.9 Å². The highest BCUT2D eigenvalue weighted by molar-refractivity contribution is 6.76. The number of carbonyl (C=O) groups excluding carboxylic acids is 3. The van der Waals surface area contributed by atoms with Gasteiger partial charge in [-0.1, -0.05) is 25.7 Å². The van der Waals surface area contributed by atoms with E-state index in [1.54, 1.807) is 9.80 Å². The molecular weight excluding hydrogens is 488 g/mol. The number of likely N-dealkylation sites (tertiary alicyclic amines) is 1. The van der Waals surface area contributed by atoms with Crippen molar-refractivity contribution in [3.05, 3.63) is 30.5 Å². The van der Waals surface area contributed by atoms with Gasteiger partial charge in [0.25, 0.3) is 0 Å². The summed E-state index contributed by atoms with van der Waals surface area (Å²) in [6.45, 7) is 14.5. The maximum absolute atomic E-state index is 13.4. The van der Waals surface area contributed by atoms with Crippen molar-refractivity contribution in [1.29, 1.82) is 0 Å². The molecule has 3 heterocycles. The minimum absolute atomic E-state index is 0.0157. The van der Waals surface area contributed by atoms with Crippen LogP contribution in [0.15, 0.2) is 30.5 Å². The van der Waals surface area contributed by atoms with Gasteiger partial charge in [0.15, 0.2) is 0 Å². The molecule has 0 saturated carbocycles. The third kappa shape index (κ3) is 6.35. The molecule has 0 bridgehead atoms. The monoisotopic (exact) mass is 528 g/mol. The van der Waals surface area contributed by atoms with Gasteiger partial charge in [-0.2, -0.15) is 0 Å². The van der Waals surface area contributed by atoms with E-state index in [9.17, 15) is 14.4 Å². The highest BCUT2D eigenvalue weighted by atomic mass is 28.3. The number of fused-ring (bicyclic) bond motifs is 1. The van der Waals surface area contributed by atoms with Crippen LogP contribution in [0.1, 0.15) is 39.7 Å². The van der Waals surface area contributed by atoms with Gasteiger partial charge in [-0.3, -0.25) is 9.69 Å². The van der Waals surface area contributed by atoms with Gasteiger partial charge in [-0.05, 0) is 51.4 Å². The van der Waals surface area contributed by atoms with Gasteiger partial charge < -0.3 is 18.9 Å². The molecule has 1 aromatic carbocycles. The summed E-state index contributed by atoms with van der Waals surface area (Å²) in [5.74, 6) is -0.202. The number of aromatic nitrogens is 1. The number of imide groups is 1. The molecule has 10 heteroatoms. The van der Waals surface area contributed by atoms with Gasteiger partial charge in [0.05, 0.1) is 17.2 Å². The third-order valence-corrected chi connectivity index (χ3v) is 8.47. The summed E-state index contributed by atoms with van der Waals surface area (Å²) in [5, 5.41) is 0.945. The molecule has 0 N–H and O–H groups in total. The van der Waals surface area contributed by atoms with Crippen molar-refractivity contribution in [3.8, 4) is 0 Å². The molecule has 1 aromatic heterocycles. The molecule has 2 aromatic rings. The summed E-state index contributed by atoms with van der Waals surface area (Å²) in [7, 11) is -1.26. The number of urea groups is 1. The van der Waals surface area contributed by atoms with Gasteiger partial charge >= 0.3 is 12.1 Å². The second-order valence-corrected chi connectivity index (χ2v) is 17.8. The van der Waals surface area contributed by atoms with Crippen molar-refractivity contribution in [2.24, 2.45) is 0 Å². The van der Waals surface area contributed by atoms with Crippen LogP contribution in [0.2, 0.25) is 25.7 Å². The average molecular weight is 529 g/mol. The fraction of sp³-hybridized carbons (Fsp3) is 0.593. The van der Waals surface area contributed by atoms with Gasteiger partial charge in [0, 0.05) is 52.3 Å². The largest absolute Gasteiger partial charge is 0.444 e. The van der Waals surface area contributed by atoms with Crippen LogP contribution >= 0.6 is 0 Å². The predicted octanol–water partition coefficient (Wildman–Crippen LogP) is 5.29. The topological polar surface area (TPSA) is 84.3 Å². The Morgan fingerprint density at radius 1 is 1.11 bits per heavy atom. The normalized spacial score (nSPS) is 19.3. The van der Waals surface area contributed by atoms with Gasteiger partial charge in [0.2, 0.25) is 5.91 Å². The first-order chi connectivity index (χ1) is 17.3. The molecular formula is C27H40N4O5Si. The van der Waals surface area contributed by atoms with Crippen LogP contribution in [0, 0.1) is 0 Å². The zero-order valence-corrected chi connectivity index (χ0v) is 24.0. The number of anilines is 1. The van der Waals surface area contributed by atoms with E-state index in [0.717, 1.165) is 29.1 Å². The fourth-order valence-corrected chi connectivity index (χ4v) is 5.52. The van der Waals surface area contributed by atoms with E-state index < -0.39 is 13.7 Å². The van der Waals surface area contributed by atoms with Crippen LogP contribution < -0.4 is 4.90 Å². The van der Waals surface area contributed by atoms with Crippen molar-refractivity contribution >= 4 is 42.7 Å². The number of amides is 4. The highest BCUT2D eigenvalue weighted by Gasteiger charge is 2.35. The average Bonchev–Trinajstić information content (AvgIpc) is 3.44. The van der Waals surface area contributed by atoms with E-state index in [1.165, 1.54) is 4.90 Å². The Morgan fingerprint density at radius 2 is 1.86 bits per heavy atom. The number of rotatable bonds is 7. The minimum Gasteiger partial charge on any atom is -0.444 e. The van der Waals surface area contributed by atoms with E-state index in [4.69, 9.17) is 9.47 Å². The minimum atomic E-state index is -1.26. The van der Waals surface area contributed by atoms with Crippen molar-refractivity contribution < 1.29 is 23.9 Å². The summed E-state index contributed by atoms with van der Waals surface area (Å²) in [5.41, 5.74) is 1.25. The lowest BCUT2D eigenvalue weighted by Crippen LogP contribution is -2.53. The number of hydrogen-bond acceptors (Lipinski definition) is 5. The van der Waals surface area contributed by atoms with Crippen LogP contribution in [0.5, 0.6) is 0 Å². The molecule has 2 saturated heterocycles. The van der Waals surface area contributed by atoms with Crippen molar-refractivity contribution in [2.45, 2.75) is 70.9 Å². The molecule has 9 nitrogen and oxygen atoms in total. The SMILES string of the molecule is CC(C)(C)OC(=O)N1CC[C@H](n2ccc3c(N4CCC(=O)N(COCC[Si](C)(C)C)C4=O)cccc32)C1. The van der Waals surface area contributed by atoms with E-state index in [0.29, 0.717) is 26.2 Å². The molecule has 2 aliphatic heterocycles. The Bertz CT molecular complexity index is 1170. The predicted molar refractivity (Wildman–Crippen MR) is 147 cm³/mol. The third-order valence-electron chi connectivity index (χ3n) is 6.77. The van der Waals surface area contributed by atoms with E-state index >= 15 is 0 Å². The Hall–Kier alpha value is -2.85. The summed E-state index contributed by atoms with van der Waals surface area (Å²) in [6, 6.07) is 8.66. The lowest BCUT2D eigenvalue weighted by molar-refractivity contribution is -0.133. The second-order valence-electron chi connectivity index (χ2n) is 12.2. The van der Waals surface area contributed by atoms with Crippen LogP contribution in [-0.2, 0) is 14.3 Å². The molecule has 0 radical (unpaired) electrons. The molecule has 0 aliphatic carbocycles. The molecule has 0 spiro atoms. The Balaban J connectivity index is 1.49. The first-order valence-electron chi connectivity index (χ1n) is 13.1. The van der Waals surface area contributed by atoms with E-state index in [-0.39, 0.29) is 37.2 Å². The van der Waals surface area contributed by atoms with Crippen molar-refractivity contribution in [3.63, 3.8) is 0 Å². The van der Waals surface area contributed by atoms with Gasteiger partial charge in [0.1, 0.15) is 12.3 Å². The summed E-state index contributed by atoms with van der Waals surface area (Å²) < 4.78 is 13.5. The highest BCUT2D eigenvalue weighted by Crippen LogP contribution is 2.34. The molecule has 2 aliphatic rings. The molecule has 0 unspecified atom stereocenters. The molecule has 202 valence electrons. The Kier molecular flexibility index (Phi) is 7.71. The maximum Gasteiger partial charge on any atom is 0.410 e. The standard InChI is InChI=1S/C27H40N4O5Si/c1-27(2,3)36-26(34)28-13-10-20(18-28)29-14-11-21-22(29)8-7-9-23(21)30-15-12-24(32)31(25(30)33)19-35-16-17-37(4,5)6/h7-9,11,14,20H,10,12-13,15-19H2,1-6H3/t20-/m0/s1. The maximum atomic E-state index is 13.4. The molecule has 2 fully saturated rings. The molecule has 1 atom stereocenters. The number of ether oxygens (including phenoxy) is 2. The van der Waals surface area contributed by atoms with E-state index in [1.807, 2.05) is 51.2 Å². The Labute approximate surface area is 220 Å². The number of nitrogens with zero attached hydrogens (tertiary/aromatic N) is 4. The van der Waals surface area contributed by atoms with Gasteiger partial charge in [-0.25, -0.2) is 14.5 Å². The smallest absolute Gasteiger partial charge is 0.410 e. The Morgan fingerprint density at radius 3 is 2.57 bits per heavy atom. The van der Waals surface area contributed by atoms with Crippen molar-refractivity contribution in [1.82, 2.24) is 14.4 Å². The molecule has 37 heavy (non-hydrogen) atoms. The number of benzene rings is 1. The fourth-order valence-electron chi connectivity index (χ4n) is 4.76. The zero-order valence-electron chi connectivity index (χ0n) is 23.0. The van der Waals surface area contributed by atoms with Crippen LogP contribution in [0.25, 0.3) is 10.9 Å². The van der Waals surface area contributed by atoms with Gasteiger partial charge in [-0.15, -0.1) is 0 Å². The summed E-state index contributed by atoms with van der Waals surface area (Å²) >= 11 is 0. The quantitative estimate of drug-likeness (QED) is 0.360. The lowest BCUT2D eigenvalue weighted by atomic mass is 10.1. The van der Waals surface area contributed by atoms with E-state index in [2.05, 4.69) is 24.2 Å². The molecule has 4 rings (SSSR count).